The highest BCUT2D eigenvalue weighted by Gasteiger charge is 2.21. The summed E-state index contributed by atoms with van der Waals surface area (Å²) in [5.74, 6) is -0.996. The zero-order chi connectivity index (χ0) is 17.4. The van der Waals surface area contributed by atoms with Gasteiger partial charge in [0.2, 0.25) is 5.91 Å². The SMILES string of the molecule is COCCOC1CCN(C(=O)/C=C/c2ccc(C(=O)O)cc2)CC1. The minimum absolute atomic E-state index is 0.0346. The molecule has 1 saturated heterocycles. The highest BCUT2D eigenvalue weighted by atomic mass is 16.5. The molecule has 6 nitrogen and oxygen atoms in total. The molecule has 1 aliphatic rings. The molecule has 1 heterocycles. The average molecular weight is 333 g/mol. The number of hydrogen-bond acceptors (Lipinski definition) is 4. The van der Waals surface area contributed by atoms with Crippen LogP contribution in [0.3, 0.4) is 0 Å². The molecule has 1 fully saturated rings. The van der Waals surface area contributed by atoms with E-state index in [0.717, 1.165) is 18.4 Å². The van der Waals surface area contributed by atoms with Gasteiger partial charge in [-0.15, -0.1) is 0 Å². The first-order chi connectivity index (χ1) is 11.6. The monoisotopic (exact) mass is 333 g/mol. The van der Waals surface area contributed by atoms with Crippen LogP contribution in [0, 0.1) is 0 Å². The molecule has 130 valence electrons. The second kappa shape index (κ2) is 9.20. The summed E-state index contributed by atoms with van der Waals surface area (Å²) >= 11 is 0. The second-order valence-electron chi connectivity index (χ2n) is 5.65. The van der Waals surface area contributed by atoms with Crippen LogP contribution in [0.15, 0.2) is 30.3 Å². The highest BCUT2D eigenvalue weighted by Crippen LogP contribution is 2.14. The molecule has 1 amide bonds. The number of rotatable bonds is 7. The van der Waals surface area contributed by atoms with Gasteiger partial charge in [-0.1, -0.05) is 12.1 Å². The van der Waals surface area contributed by atoms with Crippen molar-refractivity contribution < 1.29 is 24.2 Å². The summed E-state index contributed by atoms with van der Waals surface area (Å²) in [6, 6.07) is 6.41. The van der Waals surface area contributed by atoms with E-state index in [1.54, 1.807) is 30.2 Å². The fraction of sp³-hybridized carbons (Fsp3) is 0.444. The van der Waals surface area contributed by atoms with E-state index in [2.05, 4.69) is 0 Å². The van der Waals surface area contributed by atoms with E-state index in [1.165, 1.54) is 18.2 Å². The molecule has 6 heteroatoms. The van der Waals surface area contributed by atoms with Gasteiger partial charge in [0.25, 0.3) is 0 Å². The van der Waals surface area contributed by atoms with Gasteiger partial charge in [0.05, 0.1) is 24.9 Å². The lowest BCUT2D eigenvalue weighted by molar-refractivity contribution is -0.128. The van der Waals surface area contributed by atoms with Crippen LogP contribution >= 0.6 is 0 Å². The standard InChI is InChI=1S/C18H23NO5/c1-23-12-13-24-16-8-10-19(11-9-16)17(20)7-4-14-2-5-15(6-3-14)18(21)22/h2-7,16H,8-13H2,1H3,(H,21,22)/b7-4+. The first-order valence-corrected chi connectivity index (χ1v) is 8.01. The maximum absolute atomic E-state index is 12.2. The molecule has 2 rings (SSSR count). The van der Waals surface area contributed by atoms with Crippen molar-refractivity contribution in [2.24, 2.45) is 0 Å². The van der Waals surface area contributed by atoms with Gasteiger partial charge < -0.3 is 19.5 Å². The van der Waals surface area contributed by atoms with Gasteiger partial charge in [-0.2, -0.15) is 0 Å². The number of carbonyl (C=O) groups is 2. The molecular formula is C18H23NO5. The number of hydrogen-bond donors (Lipinski definition) is 1. The molecular weight excluding hydrogens is 310 g/mol. The molecule has 1 N–H and O–H groups in total. The summed E-state index contributed by atoms with van der Waals surface area (Å²) in [4.78, 5) is 24.8. The summed E-state index contributed by atoms with van der Waals surface area (Å²) in [5.41, 5.74) is 1.03. The molecule has 0 spiro atoms. The predicted molar refractivity (Wildman–Crippen MR) is 89.9 cm³/mol. The Morgan fingerprint density at radius 3 is 2.46 bits per heavy atom. The van der Waals surface area contributed by atoms with Crippen molar-refractivity contribution in [1.82, 2.24) is 4.90 Å². The van der Waals surface area contributed by atoms with Gasteiger partial charge in [0.15, 0.2) is 0 Å². The number of carboxylic acids is 1. The van der Waals surface area contributed by atoms with Crippen molar-refractivity contribution in [3.63, 3.8) is 0 Å². The van der Waals surface area contributed by atoms with Crippen LogP contribution in [0.1, 0.15) is 28.8 Å². The molecule has 1 aromatic carbocycles. The molecule has 0 bridgehead atoms. The van der Waals surface area contributed by atoms with E-state index < -0.39 is 5.97 Å². The van der Waals surface area contributed by atoms with Crippen LogP contribution in [0.4, 0.5) is 0 Å². The lowest BCUT2D eigenvalue weighted by Gasteiger charge is -2.31. The lowest BCUT2D eigenvalue weighted by Crippen LogP contribution is -2.40. The van der Waals surface area contributed by atoms with Gasteiger partial charge in [-0.05, 0) is 36.6 Å². The van der Waals surface area contributed by atoms with Crippen LogP contribution in [0.5, 0.6) is 0 Å². The van der Waals surface area contributed by atoms with Gasteiger partial charge in [-0.25, -0.2) is 4.79 Å². The van der Waals surface area contributed by atoms with Gasteiger partial charge in [0, 0.05) is 26.3 Å². The number of methoxy groups -OCH3 is 1. The third kappa shape index (κ3) is 5.47. The van der Waals surface area contributed by atoms with Crippen LogP contribution in [0.25, 0.3) is 6.08 Å². The minimum atomic E-state index is -0.961. The maximum atomic E-state index is 12.2. The van der Waals surface area contributed by atoms with Crippen molar-refractivity contribution >= 4 is 18.0 Å². The number of carbonyl (C=O) groups excluding carboxylic acids is 1. The van der Waals surface area contributed by atoms with E-state index in [4.69, 9.17) is 14.6 Å². The number of benzene rings is 1. The van der Waals surface area contributed by atoms with Crippen molar-refractivity contribution in [1.29, 1.82) is 0 Å². The van der Waals surface area contributed by atoms with Crippen molar-refractivity contribution in [2.45, 2.75) is 18.9 Å². The van der Waals surface area contributed by atoms with Crippen LogP contribution in [-0.2, 0) is 14.3 Å². The molecule has 0 radical (unpaired) electrons. The Morgan fingerprint density at radius 2 is 1.88 bits per heavy atom. The van der Waals surface area contributed by atoms with E-state index in [1.807, 2.05) is 0 Å². The Balaban J connectivity index is 1.79. The quantitative estimate of drug-likeness (QED) is 0.610. The number of ether oxygens (including phenoxy) is 2. The molecule has 0 aliphatic carbocycles. The summed E-state index contributed by atoms with van der Waals surface area (Å²) in [6.07, 6.45) is 5.08. The third-order valence-corrected chi connectivity index (χ3v) is 3.97. The molecule has 0 unspecified atom stereocenters. The largest absolute Gasteiger partial charge is 0.478 e. The summed E-state index contributed by atoms with van der Waals surface area (Å²) < 4.78 is 10.6. The smallest absolute Gasteiger partial charge is 0.335 e. The molecule has 0 aromatic heterocycles. The maximum Gasteiger partial charge on any atom is 0.335 e. The van der Waals surface area contributed by atoms with Crippen molar-refractivity contribution in [3.05, 3.63) is 41.5 Å². The Kier molecular flexibility index (Phi) is 6.96. The Morgan fingerprint density at radius 1 is 1.21 bits per heavy atom. The fourth-order valence-electron chi connectivity index (χ4n) is 2.55. The fourth-order valence-corrected chi connectivity index (χ4v) is 2.55. The number of piperidine rings is 1. The topological polar surface area (TPSA) is 76.1 Å². The number of carboxylic acid groups (broad SMARTS) is 1. The van der Waals surface area contributed by atoms with Gasteiger partial charge in [-0.3, -0.25) is 4.79 Å². The van der Waals surface area contributed by atoms with E-state index in [9.17, 15) is 9.59 Å². The number of likely N-dealkylation sites (tertiary alicyclic amines) is 1. The Hall–Kier alpha value is -2.18. The highest BCUT2D eigenvalue weighted by molar-refractivity contribution is 5.92. The molecule has 1 aromatic rings. The first-order valence-electron chi connectivity index (χ1n) is 8.01. The molecule has 0 atom stereocenters. The molecule has 0 saturated carbocycles. The van der Waals surface area contributed by atoms with E-state index in [-0.39, 0.29) is 17.6 Å². The van der Waals surface area contributed by atoms with Crippen molar-refractivity contribution in [3.8, 4) is 0 Å². The summed E-state index contributed by atoms with van der Waals surface area (Å²) in [7, 11) is 1.65. The second-order valence-corrected chi connectivity index (χ2v) is 5.65. The average Bonchev–Trinajstić information content (AvgIpc) is 2.61. The first kappa shape index (κ1) is 18.2. The number of amides is 1. The minimum Gasteiger partial charge on any atom is -0.478 e. The lowest BCUT2D eigenvalue weighted by atomic mass is 10.1. The zero-order valence-corrected chi connectivity index (χ0v) is 13.8. The Labute approximate surface area is 141 Å². The molecule has 1 aliphatic heterocycles. The summed E-state index contributed by atoms with van der Waals surface area (Å²) in [6.45, 7) is 2.53. The number of aromatic carboxylic acids is 1. The van der Waals surface area contributed by atoms with Crippen LogP contribution in [-0.4, -0.2) is 61.4 Å². The zero-order valence-electron chi connectivity index (χ0n) is 13.8. The van der Waals surface area contributed by atoms with Gasteiger partial charge in [0.1, 0.15) is 0 Å². The molecule has 24 heavy (non-hydrogen) atoms. The Bertz CT molecular complexity index is 574. The summed E-state index contributed by atoms with van der Waals surface area (Å²) in [5, 5.41) is 8.86. The number of nitrogens with zero attached hydrogens (tertiary/aromatic N) is 1. The van der Waals surface area contributed by atoms with Crippen LogP contribution < -0.4 is 0 Å². The third-order valence-electron chi connectivity index (χ3n) is 3.97. The van der Waals surface area contributed by atoms with Crippen molar-refractivity contribution in [2.75, 3.05) is 33.4 Å². The normalized spacial score (nSPS) is 15.8. The van der Waals surface area contributed by atoms with Crippen LogP contribution in [0.2, 0.25) is 0 Å². The van der Waals surface area contributed by atoms with E-state index >= 15 is 0 Å². The predicted octanol–water partition coefficient (Wildman–Crippen LogP) is 2.05. The van der Waals surface area contributed by atoms with E-state index in [0.29, 0.717) is 26.3 Å². The van der Waals surface area contributed by atoms with Gasteiger partial charge >= 0.3 is 5.97 Å².